The fraction of sp³-hybridized carbons (Fsp3) is 0.500. The smallest absolute Gasteiger partial charge is 0.307 e. The van der Waals surface area contributed by atoms with Crippen LogP contribution in [0.1, 0.15) is 88.1 Å². The van der Waals surface area contributed by atoms with Gasteiger partial charge in [-0.05, 0) is 69.5 Å². The van der Waals surface area contributed by atoms with Crippen LogP contribution in [0.2, 0.25) is 0 Å². The zero-order chi connectivity index (χ0) is 21.4. The largest absolute Gasteiger partial charge is 0.481 e. The molecule has 156 valence electrons. The number of carbonyl (C=O) groups is 1. The fourth-order valence-corrected chi connectivity index (χ4v) is 4.48. The molecule has 2 aromatic carbocycles. The molecule has 0 fully saturated rings. The van der Waals surface area contributed by atoms with E-state index in [4.69, 9.17) is 5.11 Å². The van der Waals surface area contributed by atoms with Gasteiger partial charge in [-0.2, -0.15) is 0 Å². The second kappa shape index (κ2) is 7.85. The summed E-state index contributed by atoms with van der Waals surface area (Å²) in [6.07, 6.45) is 2.50. The predicted molar refractivity (Wildman–Crippen MR) is 121 cm³/mol. The predicted octanol–water partition coefficient (Wildman–Crippen LogP) is 6.40. The molecule has 0 atom stereocenters. The fourth-order valence-electron chi connectivity index (χ4n) is 4.48. The number of aliphatic carboxylic acids is 1. The number of carboxylic acid groups (broad SMARTS) is 1. The average Bonchev–Trinajstić information content (AvgIpc) is 2.64. The minimum Gasteiger partial charge on any atom is -0.481 e. The van der Waals surface area contributed by atoms with Crippen LogP contribution in [0, 0.1) is 0 Å². The van der Waals surface area contributed by atoms with Crippen molar-refractivity contribution in [1.82, 2.24) is 0 Å². The molecule has 0 aliphatic heterocycles. The van der Waals surface area contributed by atoms with E-state index in [2.05, 4.69) is 59.0 Å². The quantitative estimate of drug-likeness (QED) is 0.597. The number of hydrogen-bond acceptors (Lipinski definition) is 2. The van der Waals surface area contributed by atoms with Gasteiger partial charge in [-0.3, -0.25) is 4.79 Å². The molecule has 3 heteroatoms. The number of benzene rings is 2. The van der Waals surface area contributed by atoms with E-state index in [1.54, 1.807) is 0 Å². The first-order valence-electron chi connectivity index (χ1n) is 10.7. The minimum atomic E-state index is -0.799. The third-order valence-electron chi connectivity index (χ3n) is 6.53. The van der Waals surface area contributed by atoms with Gasteiger partial charge in [0.1, 0.15) is 0 Å². The van der Waals surface area contributed by atoms with E-state index >= 15 is 0 Å². The molecule has 0 saturated carbocycles. The van der Waals surface area contributed by atoms with Crippen molar-refractivity contribution in [3.63, 3.8) is 0 Å². The number of carboxylic acids is 1. The van der Waals surface area contributed by atoms with Gasteiger partial charge in [-0.15, -0.1) is 0 Å². The maximum absolute atomic E-state index is 10.9. The van der Waals surface area contributed by atoms with Gasteiger partial charge in [-0.25, -0.2) is 0 Å². The number of hydrogen-bond donors (Lipinski definition) is 2. The molecule has 0 heterocycles. The Kier molecular flexibility index (Phi) is 5.80. The van der Waals surface area contributed by atoms with Crippen LogP contribution in [0.3, 0.4) is 0 Å². The number of rotatable bonds is 6. The summed E-state index contributed by atoms with van der Waals surface area (Å²) in [5.41, 5.74) is 8.05. The molecule has 0 radical (unpaired) electrons. The zero-order valence-corrected chi connectivity index (χ0v) is 18.7. The van der Waals surface area contributed by atoms with Crippen molar-refractivity contribution < 1.29 is 9.90 Å². The van der Waals surface area contributed by atoms with Crippen LogP contribution in [0.25, 0.3) is 0 Å². The number of anilines is 1. The molecule has 2 N–H and O–H groups in total. The monoisotopic (exact) mass is 393 g/mol. The van der Waals surface area contributed by atoms with Crippen molar-refractivity contribution in [2.75, 3.05) is 5.32 Å². The van der Waals surface area contributed by atoms with Crippen LogP contribution in [0.5, 0.6) is 0 Å². The van der Waals surface area contributed by atoms with E-state index < -0.39 is 5.97 Å². The Labute approximate surface area is 175 Å². The van der Waals surface area contributed by atoms with Crippen LogP contribution in [-0.4, -0.2) is 11.1 Å². The summed E-state index contributed by atoms with van der Waals surface area (Å²) in [7, 11) is 0. The molecule has 0 amide bonds. The Hall–Kier alpha value is -2.29. The molecule has 0 saturated heterocycles. The summed E-state index contributed by atoms with van der Waals surface area (Å²) in [4.78, 5) is 10.9. The summed E-state index contributed by atoms with van der Waals surface area (Å²) in [5, 5.41) is 12.5. The summed E-state index contributed by atoms with van der Waals surface area (Å²) in [6.45, 7) is 14.8. The van der Waals surface area contributed by atoms with Crippen molar-refractivity contribution >= 4 is 11.7 Å². The van der Waals surface area contributed by atoms with Crippen LogP contribution in [0.15, 0.2) is 36.4 Å². The Bertz CT molecular complexity index is 892. The lowest BCUT2D eigenvalue weighted by Crippen LogP contribution is -2.34. The second-order valence-electron chi connectivity index (χ2n) is 10.1. The first-order chi connectivity index (χ1) is 13.5. The standard InChI is InChI=1S/C26H35NO2/c1-17(2)21-15-23-22(25(3,4)11-12-26(23,5)6)14-19(21)16-27-20-9-7-18(8-10-20)13-24(28)29/h7-10,14-15,17,27H,11-13,16H2,1-6H3,(H,28,29). The summed E-state index contributed by atoms with van der Waals surface area (Å²) < 4.78 is 0. The maximum Gasteiger partial charge on any atom is 0.307 e. The van der Waals surface area contributed by atoms with E-state index in [0.717, 1.165) is 17.8 Å². The highest BCUT2D eigenvalue weighted by Gasteiger charge is 2.37. The SMILES string of the molecule is CC(C)c1cc2c(cc1CNc1ccc(CC(=O)O)cc1)C(C)(C)CCC2(C)C. The van der Waals surface area contributed by atoms with Gasteiger partial charge in [0.25, 0.3) is 0 Å². The molecule has 0 spiro atoms. The molecule has 0 unspecified atom stereocenters. The van der Waals surface area contributed by atoms with Gasteiger partial charge in [0.05, 0.1) is 6.42 Å². The van der Waals surface area contributed by atoms with E-state index in [-0.39, 0.29) is 17.3 Å². The van der Waals surface area contributed by atoms with Gasteiger partial charge < -0.3 is 10.4 Å². The van der Waals surface area contributed by atoms with Gasteiger partial charge in [-0.1, -0.05) is 65.8 Å². The molecular formula is C26H35NO2. The molecular weight excluding hydrogens is 358 g/mol. The lowest BCUT2D eigenvalue weighted by atomic mass is 9.62. The molecule has 2 aromatic rings. The van der Waals surface area contributed by atoms with Crippen LogP contribution in [0.4, 0.5) is 5.69 Å². The highest BCUT2D eigenvalue weighted by atomic mass is 16.4. The first-order valence-corrected chi connectivity index (χ1v) is 10.7. The van der Waals surface area contributed by atoms with E-state index in [1.165, 1.54) is 35.1 Å². The third kappa shape index (κ3) is 4.66. The summed E-state index contributed by atoms with van der Waals surface area (Å²) >= 11 is 0. The van der Waals surface area contributed by atoms with E-state index in [9.17, 15) is 4.79 Å². The van der Waals surface area contributed by atoms with E-state index in [0.29, 0.717) is 5.92 Å². The van der Waals surface area contributed by atoms with Gasteiger partial charge >= 0.3 is 5.97 Å². The lowest BCUT2D eigenvalue weighted by Gasteiger charge is -2.42. The van der Waals surface area contributed by atoms with Gasteiger partial charge in [0.2, 0.25) is 0 Å². The van der Waals surface area contributed by atoms with Crippen LogP contribution >= 0.6 is 0 Å². The van der Waals surface area contributed by atoms with Crippen molar-refractivity contribution in [2.45, 2.75) is 84.1 Å². The topological polar surface area (TPSA) is 49.3 Å². The van der Waals surface area contributed by atoms with E-state index in [1.807, 2.05) is 24.3 Å². The van der Waals surface area contributed by atoms with Crippen molar-refractivity contribution in [1.29, 1.82) is 0 Å². The Morgan fingerprint density at radius 3 is 2.07 bits per heavy atom. The Morgan fingerprint density at radius 1 is 1.00 bits per heavy atom. The summed E-state index contributed by atoms with van der Waals surface area (Å²) in [5.74, 6) is -0.331. The van der Waals surface area contributed by atoms with Crippen LogP contribution < -0.4 is 5.32 Å². The Balaban J connectivity index is 1.90. The molecule has 0 bridgehead atoms. The average molecular weight is 394 g/mol. The molecule has 0 aromatic heterocycles. The highest BCUT2D eigenvalue weighted by Crippen LogP contribution is 2.47. The number of nitrogens with one attached hydrogen (secondary N) is 1. The summed E-state index contributed by atoms with van der Waals surface area (Å²) in [6, 6.07) is 12.6. The molecule has 3 nitrogen and oxygen atoms in total. The molecule has 3 rings (SSSR count). The normalized spacial score (nSPS) is 17.1. The molecule has 1 aliphatic carbocycles. The minimum absolute atomic E-state index is 0.0630. The first kappa shape index (κ1) is 21.4. The number of fused-ring (bicyclic) bond motifs is 1. The van der Waals surface area contributed by atoms with Gasteiger partial charge in [0.15, 0.2) is 0 Å². The lowest BCUT2D eigenvalue weighted by molar-refractivity contribution is -0.136. The molecule has 29 heavy (non-hydrogen) atoms. The Morgan fingerprint density at radius 2 is 1.55 bits per heavy atom. The van der Waals surface area contributed by atoms with Crippen molar-refractivity contribution in [3.8, 4) is 0 Å². The van der Waals surface area contributed by atoms with Gasteiger partial charge in [0, 0.05) is 12.2 Å². The van der Waals surface area contributed by atoms with Crippen molar-refractivity contribution in [2.24, 2.45) is 0 Å². The second-order valence-corrected chi connectivity index (χ2v) is 10.1. The molecule has 1 aliphatic rings. The highest BCUT2D eigenvalue weighted by molar-refractivity contribution is 5.70. The van der Waals surface area contributed by atoms with Crippen LogP contribution in [-0.2, 0) is 28.6 Å². The third-order valence-corrected chi connectivity index (χ3v) is 6.53. The zero-order valence-electron chi connectivity index (χ0n) is 18.7. The van der Waals surface area contributed by atoms with Crippen molar-refractivity contribution in [3.05, 3.63) is 64.2 Å². The maximum atomic E-state index is 10.9.